The van der Waals surface area contributed by atoms with Crippen LogP contribution in [0.3, 0.4) is 0 Å². The summed E-state index contributed by atoms with van der Waals surface area (Å²) >= 11 is 1.17. The summed E-state index contributed by atoms with van der Waals surface area (Å²) < 4.78 is 32.9. The van der Waals surface area contributed by atoms with Gasteiger partial charge in [-0.3, -0.25) is 0 Å². The highest BCUT2D eigenvalue weighted by molar-refractivity contribution is 7.91. The molecular formula is C19H23N4O3S2+. The van der Waals surface area contributed by atoms with Crippen LogP contribution in [0, 0.1) is 0 Å². The third-order valence-corrected chi connectivity index (χ3v) is 7.92. The molecule has 0 aliphatic carbocycles. The molecule has 0 amide bonds. The Morgan fingerprint density at radius 2 is 1.89 bits per heavy atom. The van der Waals surface area contributed by atoms with Gasteiger partial charge in [-0.2, -0.15) is 0 Å². The van der Waals surface area contributed by atoms with Crippen LogP contribution < -0.4 is 14.5 Å². The quantitative estimate of drug-likeness (QED) is 0.628. The van der Waals surface area contributed by atoms with Crippen molar-refractivity contribution in [2.45, 2.75) is 10.8 Å². The van der Waals surface area contributed by atoms with Crippen LogP contribution in [0.5, 0.6) is 0 Å². The van der Waals surface area contributed by atoms with E-state index in [2.05, 4.69) is 34.0 Å². The molecule has 7 nitrogen and oxygen atoms in total. The molecule has 1 aliphatic heterocycles. The van der Waals surface area contributed by atoms with Gasteiger partial charge in [0.25, 0.3) is 0 Å². The molecule has 1 saturated heterocycles. The van der Waals surface area contributed by atoms with Crippen LogP contribution in [0.1, 0.15) is 5.56 Å². The van der Waals surface area contributed by atoms with Crippen LogP contribution >= 0.6 is 11.3 Å². The van der Waals surface area contributed by atoms with Crippen LogP contribution in [0.15, 0.2) is 57.5 Å². The van der Waals surface area contributed by atoms with Gasteiger partial charge in [0.2, 0.25) is 10.0 Å². The summed E-state index contributed by atoms with van der Waals surface area (Å²) in [5.41, 5.74) is 2.75. The highest BCUT2D eigenvalue weighted by Crippen LogP contribution is 2.29. The lowest BCUT2D eigenvalue weighted by molar-refractivity contribution is -0.880. The number of quaternary nitrogens is 1. The Labute approximate surface area is 168 Å². The van der Waals surface area contributed by atoms with Crippen molar-refractivity contribution in [3.8, 4) is 10.6 Å². The standard InChI is InChI=1S/C19H22N4O3S2/c1-22-9-11-23(12-10-22)16-4-2-15(3-5-16)14-20-28(24,25)19-7-6-18(27-19)17-8-13-26-21-17/h2-8,13,20H,9-12,14H2,1H3/p+1. The highest BCUT2D eigenvalue weighted by Gasteiger charge is 2.19. The number of benzene rings is 1. The minimum absolute atomic E-state index is 0.257. The maximum Gasteiger partial charge on any atom is 0.250 e. The average molecular weight is 420 g/mol. The fourth-order valence-electron chi connectivity index (χ4n) is 3.16. The molecule has 2 aromatic heterocycles. The third kappa shape index (κ3) is 4.27. The number of thiophene rings is 1. The van der Waals surface area contributed by atoms with Crippen molar-refractivity contribution in [1.29, 1.82) is 0 Å². The van der Waals surface area contributed by atoms with Crippen molar-refractivity contribution >= 4 is 27.0 Å². The zero-order valence-electron chi connectivity index (χ0n) is 15.6. The number of hydrogen-bond acceptors (Lipinski definition) is 6. The molecule has 0 unspecified atom stereocenters. The molecule has 0 bridgehead atoms. The first-order chi connectivity index (χ1) is 13.5. The summed E-state index contributed by atoms with van der Waals surface area (Å²) in [6, 6.07) is 13.1. The van der Waals surface area contributed by atoms with E-state index < -0.39 is 10.0 Å². The Hall–Kier alpha value is -2.20. The SMILES string of the molecule is C[NH+]1CCN(c2ccc(CNS(=O)(=O)c3ccc(-c4ccon4)s3)cc2)CC1. The third-order valence-electron chi connectivity index (χ3n) is 4.92. The summed E-state index contributed by atoms with van der Waals surface area (Å²) in [4.78, 5) is 4.69. The average Bonchev–Trinajstić information content (AvgIpc) is 3.39. The van der Waals surface area contributed by atoms with Crippen LogP contribution in [-0.4, -0.2) is 46.8 Å². The van der Waals surface area contributed by atoms with Gasteiger partial charge in [-0.25, -0.2) is 13.1 Å². The number of hydrogen-bond donors (Lipinski definition) is 2. The maximum absolute atomic E-state index is 12.6. The predicted octanol–water partition coefficient (Wildman–Crippen LogP) is 1.22. The largest absolute Gasteiger partial charge is 0.364 e. The van der Waals surface area contributed by atoms with Crippen LogP contribution in [0.2, 0.25) is 0 Å². The van der Waals surface area contributed by atoms with Crippen molar-refractivity contribution in [2.75, 3.05) is 38.1 Å². The molecule has 2 N–H and O–H groups in total. The molecule has 1 fully saturated rings. The summed E-state index contributed by atoms with van der Waals surface area (Å²) in [6.07, 6.45) is 1.47. The molecule has 1 aromatic carbocycles. The van der Waals surface area contributed by atoms with Crippen molar-refractivity contribution in [3.63, 3.8) is 0 Å². The molecule has 28 heavy (non-hydrogen) atoms. The van der Waals surface area contributed by atoms with Crippen LogP contribution in [0.25, 0.3) is 10.6 Å². The van der Waals surface area contributed by atoms with Crippen molar-refractivity contribution < 1.29 is 17.8 Å². The zero-order valence-corrected chi connectivity index (χ0v) is 17.2. The predicted molar refractivity (Wildman–Crippen MR) is 109 cm³/mol. The normalized spacial score (nSPS) is 15.8. The van der Waals surface area contributed by atoms with E-state index >= 15 is 0 Å². The summed E-state index contributed by atoms with van der Waals surface area (Å²) in [5.74, 6) is 0. The van der Waals surface area contributed by atoms with Crippen molar-refractivity contribution in [1.82, 2.24) is 9.88 Å². The second-order valence-electron chi connectivity index (χ2n) is 6.94. The number of sulfonamides is 1. The zero-order chi connectivity index (χ0) is 19.6. The number of piperazine rings is 1. The Balaban J connectivity index is 1.38. The molecule has 0 spiro atoms. The second-order valence-corrected chi connectivity index (χ2v) is 10.0. The number of rotatable bonds is 6. The number of nitrogens with one attached hydrogen (secondary N) is 2. The van der Waals surface area contributed by atoms with Gasteiger partial charge in [0.05, 0.1) is 38.1 Å². The van der Waals surface area contributed by atoms with Gasteiger partial charge in [-0.15, -0.1) is 11.3 Å². The molecule has 0 atom stereocenters. The van der Waals surface area contributed by atoms with E-state index in [-0.39, 0.29) is 10.8 Å². The van der Waals surface area contributed by atoms with E-state index in [9.17, 15) is 8.42 Å². The lowest BCUT2D eigenvalue weighted by Crippen LogP contribution is -3.12. The minimum atomic E-state index is -3.57. The molecule has 3 aromatic rings. The van der Waals surface area contributed by atoms with Crippen molar-refractivity contribution in [3.05, 3.63) is 54.3 Å². The van der Waals surface area contributed by atoms with E-state index in [0.717, 1.165) is 36.6 Å². The summed E-state index contributed by atoms with van der Waals surface area (Å²) in [5, 5.41) is 3.84. The van der Waals surface area contributed by atoms with Gasteiger partial charge in [-0.1, -0.05) is 17.3 Å². The molecule has 4 rings (SSSR count). The lowest BCUT2D eigenvalue weighted by atomic mass is 10.2. The molecule has 3 heterocycles. The first-order valence-corrected chi connectivity index (χ1v) is 11.5. The van der Waals surface area contributed by atoms with Gasteiger partial charge in [-0.05, 0) is 29.8 Å². The van der Waals surface area contributed by atoms with E-state index in [4.69, 9.17) is 4.52 Å². The number of anilines is 1. The highest BCUT2D eigenvalue weighted by atomic mass is 32.2. The van der Waals surface area contributed by atoms with Gasteiger partial charge in [0.15, 0.2) is 0 Å². The smallest absolute Gasteiger partial charge is 0.250 e. The fourth-order valence-corrected chi connectivity index (χ4v) is 5.49. The van der Waals surface area contributed by atoms with E-state index in [1.807, 2.05) is 12.1 Å². The topological polar surface area (TPSA) is 79.9 Å². The fraction of sp³-hybridized carbons (Fsp3) is 0.316. The Morgan fingerprint density at radius 1 is 1.14 bits per heavy atom. The van der Waals surface area contributed by atoms with Gasteiger partial charge >= 0.3 is 0 Å². The number of nitrogens with zero attached hydrogens (tertiary/aromatic N) is 2. The van der Waals surface area contributed by atoms with E-state index in [1.54, 1.807) is 23.1 Å². The Kier molecular flexibility index (Phi) is 5.49. The van der Waals surface area contributed by atoms with E-state index in [1.165, 1.54) is 23.3 Å². The molecular weight excluding hydrogens is 396 g/mol. The van der Waals surface area contributed by atoms with Crippen LogP contribution in [-0.2, 0) is 16.6 Å². The Morgan fingerprint density at radius 3 is 2.57 bits per heavy atom. The monoisotopic (exact) mass is 419 g/mol. The first-order valence-electron chi connectivity index (χ1n) is 9.17. The molecule has 1 aliphatic rings. The minimum Gasteiger partial charge on any atom is -0.364 e. The second kappa shape index (κ2) is 8.04. The van der Waals surface area contributed by atoms with Gasteiger partial charge < -0.3 is 14.3 Å². The van der Waals surface area contributed by atoms with Crippen molar-refractivity contribution in [2.24, 2.45) is 0 Å². The van der Waals surface area contributed by atoms with E-state index in [0.29, 0.717) is 5.69 Å². The summed E-state index contributed by atoms with van der Waals surface area (Å²) in [6.45, 7) is 4.62. The van der Waals surface area contributed by atoms with Crippen LogP contribution in [0.4, 0.5) is 5.69 Å². The molecule has 9 heteroatoms. The van der Waals surface area contributed by atoms with Gasteiger partial charge in [0.1, 0.15) is 16.2 Å². The molecule has 0 radical (unpaired) electrons. The summed E-state index contributed by atoms with van der Waals surface area (Å²) in [7, 11) is -1.35. The number of likely N-dealkylation sites (N-methyl/N-ethyl adjacent to an activating group) is 1. The molecule has 0 saturated carbocycles. The van der Waals surface area contributed by atoms with Gasteiger partial charge in [0, 0.05) is 18.3 Å². The number of aromatic nitrogens is 1. The Bertz CT molecular complexity index is 1010. The molecule has 148 valence electrons. The maximum atomic E-state index is 12.6. The lowest BCUT2D eigenvalue weighted by Gasteiger charge is -2.31. The first kappa shape index (κ1) is 19.1.